The van der Waals surface area contributed by atoms with Crippen LogP contribution < -0.4 is 5.73 Å². The molecule has 114 valence electrons. The topological polar surface area (TPSA) is 71.3 Å². The number of carbonyl (C=O) groups is 1. The van der Waals surface area contributed by atoms with Crippen LogP contribution in [0.1, 0.15) is 21.6 Å². The van der Waals surface area contributed by atoms with Gasteiger partial charge in [-0.25, -0.2) is 0 Å². The van der Waals surface area contributed by atoms with Gasteiger partial charge in [-0.1, -0.05) is 42.5 Å². The highest BCUT2D eigenvalue weighted by Gasteiger charge is 2.22. The smallest absolute Gasteiger partial charge is 0.211 e. The van der Waals surface area contributed by atoms with Crippen LogP contribution in [0.3, 0.4) is 0 Å². The Kier molecular flexibility index (Phi) is 3.07. The van der Waals surface area contributed by atoms with Gasteiger partial charge in [0.2, 0.25) is 5.78 Å². The number of aromatic nitrogens is 1. The van der Waals surface area contributed by atoms with Gasteiger partial charge in [0, 0.05) is 11.8 Å². The lowest BCUT2D eigenvalue weighted by molar-refractivity contribution is 0.103. The Balaban J connectivity index is 1.95. The minimum absolute atomic E-state index is 0.194. The number of hydrogen-bond acceptors (Lipinski definition) is 3. The Labute approximate surface area is 138 Å². The summed E-state index contributed by atoms with van der Waals surface area (Å²) in [7, 11) is 0. The SMILES string of the molecule is N#Cc1c(N)c(C(=O)c2ccc3ccccc3c2)n2ccccc12. The molecule has 24 heavy (non-hydrogen) atoms. The Morgan fingerprint density at radius 2 is 1.75 bits per heavy atom. The molecule has 2 heterocycles. The molecule has 0 saturated heterocycles. The summed E-state index contributed by atoms with van der Waals surface area (Å²) in [5, 5.41) is 11.4. The van der Waals surface area contributed by atoms with E-state index >= 15 is 0 Å². The number of rotatable bonds is 2. The van der Waals surface area contributed by atoms with Crippen molar-refractivity contribution in [2.75, 3.05) is 5.73 Å². The van der Waals surface area contributed by atoms with Gasteiger partial charge >= 0.3 is 0 Å². The molecule has 0 atom stereocenters. The molecule has 0 radical (unpaired) electrons. The lowest BCUT2D eigenvalue weighted by Crippen LogP contribution is -2.08. The van der Waals surface area contributed by atoms with Crippen molar-refractivity contribution in [2.24, 2.45) is 0 Å². The third kappa shape index (κ3) is 1.96. The summed E-state index contributed by atoms with van der Waals surface area (Å²) in [5.41, 5.74) is 8.19. The van der Waals surface area contributed by atoms with Crippen LogP contribution in [0, 0.1) is 11.3 Å². The number of nitrogen functional groups attached to an aromatic ring is 1. The molecule has 2 N–H and O–H groups in total. The molecule has 0 aliphatic carbocycles. The van der Waals surface area contributed by atoms with Crippen LogP contribution in [0.4, 0.5) is 5.69 Å². The molecule has 2 aromatic carbocycles. The zero-order chi connectivity index (χ0) is 16.7. The van der Waals surface area contributed by atoms with E-state index in [1.807, 2.05) is 48.5 Å². The summed E-state index contributed by atoms with van der Waals surface area (Å²) in [6.07, 6.45) is 1.75. The van der Waals surface area contributed by atoms with Crippen molar-refractivity contribution >= 4 is 27.8 Å². The number of anilines is 1. The fraction of sp³-hybridized carbons (Fsp3) is 0. The third-order valence-electron chi connectivity index (χ3n) is 4.22. The first kappa shape index (κ1) is 14.0. The number of nitriles is 1. The van der Waals surface area contributed by atoms with Gasteiger partial charge in [0.05, 0.1) is 11.2 Å². The van der Waals surface area contributed by atoms with Gasteiger partial charge < -0.3 is 10.1 Å². The highest BCUT2D eigenvalue weighted by atomic mass is 16.1. The first-order chi connectivity index (χ1) is 11.7. The Morgan fingerprint density at radius 1 is 1.00 bits per heavy atom. The van der Waals surface area contributed by atoms with Crippen LogP contribution in [-0.2, 0) is 0 Å². The van der Waals surface area contributed by atoms with Gasteiger partial charge in [0.1, 0.15) is 17.3 Å². The minimum Gasteiger partial charge on any atom is -0.396 e. The van der Waals surface area contributed by atoms with E-state index in [1.54, 1.807) is 22.7 Å². The number of benzene rings is 2. The van der Waals surface area contributed by atoms with Crippen LogP contribution in [-0.4, -0.2) is 10.2 Å². The summed E-state index contributed by atoms with van der Waals surface area (Å²) < 4.78 is 1.69. The van der Waals surface area contributed by atoms with Gasteiger partial charge in [-0.2, -0.15) is 5.26 Å². The second-order valence-electron chi connectivity index (χ2n) is 5.60. The van der Waals surface area contributed by atoms with Crippen LogP contribution >= 0.6 is 0 Å². The Bertz CT molecular complexity index is 1150. The van der Waals surface area contributed by atoms with Gasteiger partial charge in [0.15, 0.2) is 0 Å². The van der Waals surface area contributed by atoms with E-state index < -0.39 is 0 Å². The quantitative estimate of drug-likeness (QED) is 0.573. The molecular weight excluding hydrogens is 298 g/mol. The fourth-order valence-electron chi connectivity index (χ4n) is 3.04. The molecule has 0 saturated carbocycles. The molecule has 0 spiro atoms. The highest BCUT2D eigenvalue weighted by Crippen LogP contribution is 2.28. The lowest BCUT2D eigenvalue weighted by Gasteiger charge is -2.05. The molecule has 0 aliphatic rings. The minimum atomic E-state index is -0.194. The Morgan fingerprint density at radius 3 is 2.54 bits per heavy atom. The maximum Gasteiger partial charge on any atom is 0.211 e. The average molecular weight is 311 g/mol. The normalized spacial score (nSPS) is 10.8. The number of nitrogens with two attached hydrogens (primary N) is 1. The summed E-state index contributed by atoms with van der Waals surface area (Å²) >= 11 is 0. The number of carbonyl (C=O) groups excluding carboxylic acids is 1. The summed E-state index contributed by atoms with van der Waals surface area (Å²) in [4.78, 5) is 13.0. The van der Waals surface area contributed by atoms with Gasteiger partial charge in [-0.15, -0.1) is 0 Å². The van der Waals surface area contributed by atoms with E-state index in [0.717, 1.165) is 10.8 Å². The Hall–Kier alpha value is -3.58. The van der Waals surface area contributed by atoms with Crippen molar-refractivity contribution in [1.82, 2.24) is 4.40 Å². The molecule has 0 bridgehead atoms. The van der Waals surface area contributed by atoms with E-state index in [4.69, 9.17) is 5.73 Å². The zero-order valence-corrected chi connectivity index (χ0v) is 12.7. The summed E-state index contributed by atoms with van der Waals surface area (Å²) in [6, 6.07) is 20.9. The third-order valence-corrected chi connectivity index (χ3v) is 4.22. The van der Waals surface area contributed by atoms with E-state index in [2.05, 4.69) is 6.07 Å². The first-order valence-electron chi connectivity index (χ1n) is 7.53. The van der Waals surface area contributed by atoms with Crippen LogP contribution in [0.5, 0.6) is 0 Å². The second-order valence-corrected chi connectivity index (χ2v) is 5.60. The predicted octanol–water partition coefficient (Wildman–Crippen LogP) is 3.78. The lowest BCUT2D eigenvalue weighted by atomic mass is 10.0. The number of nitrogens with zero attached hydrogens (tertiary/aromatic N) is 2. The van der Waals surface area contributed by atoms with E-state index in [9.17, 15) is 10.1 Å². The predicted molar refractivity (Wildman–Crippen MR) is 93.9 cm³/mol. The van der Waals surface area contributed by atoms with Crippen molar-refractivity contribution in [3.8, 4) is 6.07 Å². The van der Waals surface area contributed by atoms with Gasteiger partial charge in [-0.05, 0) is 29.0 Å². The average Bonchev–Trinajstić information content (AvgIpc) is 2.91. The molecule has 2 aromatic heterocycles. The monoisotopic (exact) mass is 311 g/mol. The van der Waals surface area contributed by atoms with Crippen molar-refractivity contribution < 1.29 is 4.79 Å². The van der Waals surface area contributed by atoms with Crippen molar-refractivity contribution in [2.45, 2.75) is 0 Å². The summed E-state index contributed by atoms with van der Waals surface area (Å²) in [5.74, 6) is -0.194. The molecule has 4 heteroatoms. The zero-order valence-electron chi connectivity index (χ0n) is 12.7. The molecule has 4 nitrogen and oxygen atoms in total. The van der Waals surface area contributed by atoms with Crippen molar-refractivity contribution in [3.05, 3.63) is 83.7 Å². The number of pyridine rings is 1. The van der Waals surface area contributed by atoms with Crippen molar-refractivity contribution in [1.29, 1.82) is 5.26 Å². The van der Waals surface area contributed by atoms with Gasteiger partial charge in [-0.3, -0.25) is 4.79 Å². The molecule has 0 aliphatic heterocycles. The molecule has 0 amide bonds. The fourth-order valence-corrected chi connectivity index (χ4v) is 3.04. The van der Waals surface area contributed by atoms with Crippen LogP contribution in [0.2, 0.25) is 0 Å². The number of ketones is 1. The largest absolute Gasteiger partial charge is 0.396 e. The second kappa shape index (κ2) is 5.25. The van der Waals surface area contributed by atoms with Crippen LogP contribution in [0.15, 0.2) is 66.9 Å². The summed E-state index contributed by atoms with van der Waals surface area (Å²) in [6.45, 7) is 0. The number of hydrogen-bond donors (Lipinski definition) is 1. The van der Waals surface area contributed by atoms with E-state index in [1.165, 1.54) is 0 Å². The molecular formula is C20H13N3O. The number of fused-ring (bicyclic) bond motifs is 2. The van der Waals surface area contributed by atoms with Crippen molar-refractivity contribution in [3.63, 3.8) is 0 Å². The molecule has 0 unspecified atom stereocenters. The van der Waals surface area contributed by atoms with Gasteiger partial charge in [0.25, 0.3) is 0 Å². The van der Waals surface area contributed by atoms with Crippen LogP contribution in [0.25, 0.3) is 16.3 Å². The molecule has 4 aromatic rings. The maximum atomic E-state index is 13.0. The van der Waals surface area contributed by atoms with E-state index in [0.29, 0.717) is 22.3 Å². The van der Waals surface area contributed by atoms with E-state index in [-0.39, 0.29) is 11.5 Å². The maximum absolute atomic E-state index is 13.0. The molecule has 0 fully saturated rings. The first-order valence-corrected chi connectivity index (χ1v) is 7.53. The molecule has 4 rings (SSSR count). The standard InChI is InChI=1S/C20H13N3O/c21-12-16-17-7-3-4-10-23(17)19(18(16)22)20(24)15-9-8-13-5-1-2-6-14(13)11-15/h1-11H,22H2. The highest BCUT2D eigenvalue weighted by molar-refractivity contribution is 6.14.